The fourth-order valence-electron chi connectivity index (χ4n) is 3.88. The van der Waals surface area contributed by atoms with Crippen molar-refractivity contribution in [3.63, 3.8) is 0 Å². The van der Waals surface area contributed by atoms with Crippen LogP contribution >= 0.6 is 0 Å². The summed E-state index contributed by atoms with van der Waals surface area (Å²) >= 11 is 0. The molecule has 0 amide bonds. The van der Waals surface area contributed by atoms with Crippen molar-refractivity contribution in [2.24, 2.45) is 0 Å². The lowest BCUT2D eigenvalue weighted by atomic mass is 10.1. The Morgan fingerprint density at radius 3 is 1.40 bits per heavy atom. The summed E-state index contributed by atoms with van der Waals surface area (Å²) in [7, 11) is 0. The summed E-state index contributed by atoms with van der Waals surface area (Å²) in [4.78, 5) is 20.6. The van der Waals surface area contributed by atoms with Gasteiger partial charge in [0.1, 0.15) is 0 Å². The highest BCUT2D eigenvalue weighted by Gasteiger charge is 2.23. The van der Waals surface area contributed by atoms with Gasteiger partial charge >= 0.3 is 0 Å². The molecule has 2 aliphatic rings. The summed E-state index contributed by atoms with van der Waals surface area (Å²) in [6.45, 7) is 11.9. The molecular formula is C22H30N4O4. The van der Waals surface area contributed by atoms with Gasteiger partial charge in [-0.1, -0.05) is 13.8 Å². The molecule has 0 saturated heterocycles. The maximum absolute atomic E-state index is 10.6. The van der Waals surface area contributed by atoms with Gasteiger partial charge in [-0.15, -0.1) is 0 Å². The number of nitro benzene ring substituents is 2. The van der Waals surface area contributed by atoms with E-state index in [1.54, 1.807) is 24.3 Å². The molecule has 2 heterocycles. The summed E-state index contributed by atoms with van der Waals surface area (Å²) in [6, 6.07) is 7.32. The monoisotopic (exact) mass is 414 g/mol. The number of hydrogen-bond acceptors (Lipinski definition) is 6. The first-order chi connectivity index (χ1) is 14.2. The van der Waals surface area contributed by atoms with Crippen LogP contribution in [0.3, 0.4) is 0 Å². The highest BCUT2D eigenvalue weighted by molar-refractivity contribution is 5.66. The lowest BCUT2D eigenvalue weighted by Gasteiger charge is -2.05. The number of benzene rings is 2. The molecule has 2 N–H and O–H groups in total. The number of fused-ring (bicyclic) bond motifs is 2. The average molecular weight is 415 g/mol. The quantitative estimate of drug-likeness (QED) is 0.493. The molecule has 0 bridgehead atoms. The van der Waals surface area contributed by atoms with Crippen LogP contribution in [0.15, 0.2) is 24.3 Å². The number of nitrogens with zero attached hydrogens (tertiary/aromatic N) is 2. The molecule has 2 aromatic carbocycles. The van der Waals surface area contributed by atoms with Crippen molar-refractivity contribution in [3.05, 3.63) is 66.7 Å². The predicted molar refractivity (Wildman–Crippen MR) is 121 cm³/mol. The summed E-state index contributed by atoms with van der Waals surface area (Å²) in [5, 5.41) is 27.9. The highest BCUT2D eigenvalue weighted by Crippen LogP contribution is 2.33. The minimum Gasteiger partial charge on any atom is -0.382 e. The van der Waals surface area contributed by atoms with Crippen LogP contribution in [-0.2, 0) is 12.8 Å². The second-order valence-electron chi connectivity index (χ2n) is 7.61. The van der Waals surface area contributed by atoms with Crippen LogP contribution in [0.1, 0.15) is 49.9 Å². The van der Waals surface area contributed by atoms with E-state index in [-0.39, 0.29) is 21.2 Å². The van der Waals surface area contributed by atoms with Gasteiger partial charge < -0.3 is 10.6 Å². The van der Waals surface area contributed by atoms with E-state index in [1.165, 1.54) is 0 Å². The fraction of sp³-hybridized carbons (Fsp3) is 0.455. The van der Waals surface area contributed by atoms with E-state index >= 15 is 0 Å². The summed E-state index contributed by atoms with van der Waals surface area (Å²) in [5.41, 5.74) is 6.56. The summed E-state index contributed by atoms with van der Waals surface area (Å²) in [6.07, 6.45) is 1.75. The molecule has 2 atom stereocenters. The number of nitro groups is 2. The first-order valence-electron chi connectivity index (χ1n) is 10.2. The Balaban J connectivity index is 0.000000197. The molecule has 0 aromatic heterocycles. The SMILES string of the molecule is CC.Cc1cc([N+](=O)[O-])cc2c1NC(C)C2.Cc1cc([N+](=O)[O-])cc2c1NC(C)C2. The molecule has 0 saturated carbocycles. The van der Waals surface area contributed by atoms with Gasteiger partial charge in [0.2, 0.25) is 0 Å². The van der Waals surface area contributed by atoms with Gasteiger partial charge in [-0.2, -0.15) is 0 Å². The van der Waals surface area contributed by atoms with Gasteiger partial charge in [0.15, 0.2) is 0 Å². The van der Waals surface area contributed by atoms with Gasteiger partial charge in [0.25, 0.3) is 11.4 Å². The summed E-state index contributed by atoms with van der Waals surface area (Å²) in [5.74, 6) is 0. The third-order valence-corrected chi connectivity index (χ3v) is 5.06. The van der Waals surface area contributed by atoms with E-state index in [0.717, 1.165) is 46.5 Å². The van der Waals surface area contributed by atoms with Crippen molar-refractivity contribution < 1.29 is 9.85 Å². The highest BCUT2D eigenvalue weighted by atomic mass is 16.6. The molecule has 2 unspecified atom stereocenters. The molecule has 0 spiro atoms. The number of rotatable bonds is 2. The molecule has 2 aromatic rings. The van der Waals surface area contributed by atoms with Crippen LogP contribution in [-0.4, -0.2) is 21.9 Å². The molecule has 0 radical (unpaired) electrons. The van der Waals surface area contributed by atoms with Crippen molar-refractivity contribution in [1.29, 1.82) is 0 Å². The van der Waals surface area contributed by atoms with E-state index in [9.17, 15) is 20.2 Å². The maximum Gasteiger partial charge on any atom is 0.270 e. The third-order valence-electron chi connectivity index (χ3n) is 5.06. The van der Waals surface area contributed by atoms with Gasteiger partial charge in [0, 0.05) is 47.7 Å². The minimum atomic E-state index is -0.337. The number of hydrogen-bond donors (Lipinski definition) is 2. The second kappa shape index (κ2) is 9.56. The molecule has 8 heteroatoms. The van der Waals surface area contributed by atoms with E-state index < -0.39 is 0 Å². The van der Waals surface area contributed by atoms with E-state index in [1.807, 2.05) is 27.7 Å². The largest absolute Gasteiger partial charge is 0.382 e. The zero-order valence-corrected chi connectivity index (χ0v) is 18.4. The zero-order valence-electron chi connectivity index (χ0n) is 18.4. The Hall–Kier alpha value is -3.16. The average Bonchev–Trinajstić information content (AvgIpc) is 3.25. The molecule has 0 aliphatic carbocycles. The lowest BCUT2D eigenvalue weighted by molar-refractivity contribution is -0.385. The van der Waals surface area contributed by atoms with Crippen molar-refractivity contribution >= 4 is 22.7 Å². The molecule has 8 nitrogen and oxygen atoms in total. The molecule has 4 rings (SSSR count). The van der Waals surface area contributed by atoms with Gasteiger partial charge in [-0.25, -0.2) is 0 Å². The van der Waals surface area contributed by atoms with E-state index in [4.69, 9.17) is 0 Å². The second-order valence-corrected chi connectivity index (χ2v) is 7.61. The van der Waals surface area contributed by atoms with Crippen LogP contribution in [0.5, 0.6) is 0 Å². The first-order valence-corrected chi connectivity index (χ1v) is 10.2. The minimum absolute atomic E-state index is 0.192. The van der Waals surface area contributed by atoms with Crippen molar-refractivity contribution in [1.82, 2.24) is 0 Å². The predicted octanol–water partition coefficient (Wildman–Crippen LogP) is 5.55. The molecule has 30 heavy (non-hydrogen) atoms. The van der Waals surface area contributed by atoms with Gasteiger partial charge in [0.05, 0.1) is 9.85 Å². The van der Waals surface area contributed by atoms with E-state index in [0.29, 0.717) is 12.1 Å². The number of nitrogens with one attached hydrogen (secondary N) is 2. The Bertz CT molecular complexity index is 881. The van der Waals surface area contributed by atoms with E-state index in [2.05, 4.69) is 24.5 Å². The lowest BCUT2D eigenvalue weighted by Crippen LogP contribution is -2.08. The first kappa shape index (κ1) is 23.1. The Morgan fingerprint density at radius 1 is 0.767 bits per heavy atom. The third kappa shape index (κ3) is 5.06. The van der Waals surface area contributed by atoms with Gasteiger partial charge in [-0.05, 0) is 62.8 Å². The molecule has 2 aliphatic heterocycles. The Morgan fingerprint density at radius 2 is 1.10 bits per heavy atom. The topological polar surface area (TPSA) is 110 Å². The Kier molecular flexibility index (Phi) is 7.37. The van der Waals surface area contributed by atoms with Crippen molar-refractivity contribution in [2.45, 2.75) is 66.5 Å². The standard InChI is InChI=1S/2C10H12N2O2.C2H6/c2*1-6-3-9(12(13)14)5-8-4-7(2)11-10(6)8;1-2/h2*3,5,7,11H,4H2,1-2H3;1-2H3. The molecule has 162 valence electrons. The fourth-order valence-corrected chi connectivity index (χ4v) is 3.88. The van der Waals surface area contributed by atoms with Gasteiger partial charge in [-0.3, -0.25) is 20.2 Å². The molecular weight excluding hydrogens is 384 g/mol. The maximum atomic E-state index is 10.6. The van der Waals surface area contributed by atoms with Crippen LogP contribution in [0.2, 0.25) is 0 Å². The van der Waals surface area contributed by atoms with Crippen molar-refractivity contribution in [2.75, 3.05) is 10.6 Å². The number of anilines is 2. The normalized spacial score (nSPS) is 17.8. The van der Waals surface area contributed by atoms with Crippen LogP contribution < -0.4 is 10.6 Å². The van der Waals surface area contributed by atoms with Crippen molar-refractivity contribution in [3.8, 4) is 0 Å². The zero-order chi connectivity index (χ0) is 22.6. The number of non-ortho nitro benzene ring substituents is 2. The molecule has 0 fully saturated rings. The number of aryl methyl sites for hydroxylation is 2. The summed E-state index contributed by atoms with van der Waals surface area (Å²) < 4.78 is 0. The smallest absolute Gasteiger partial charge is 0.270 e. The van der Waals surface area contributed by atoms with Crippen LogP contribution in [0.4, 0.5) is 22.7 Å². The van der Waals surface area contributed by atoms with Crippen LogP contribution in [0, 0.1) is 34.1 Å². The van der Waals surface area contributed by atoms with Crippen LogP contribution in [0.25, 0.3) is 0 Å². The Labute approximate surface area is 177 Å².